The normalized spacial score (nSPS) is 14.5. The first-order chi connectivity index (χ1) is 11.1. The Morgan fingerprint density at radius 3 is 2.57 bits per heavy atom. The monoisotopic (exact) mass is 312 g/mol. The number of aryl methyl sites for hydroxylation is 1. The molecule has 5 nitrogen and oxygen atoms in total. The number of benzene rings is 1. The average Bonchev–Trinajstić information content (AvgIpc) is 2.71. The zero-order chi connectivity index (χ0) is 16.4. The number of rotatable bonds is 2. The number of hydrogen-bond donors (Lipinski definition) is 1. The van der Waals surface area contributed by atoms with Crippen molar-refractivity contribution in [1.82, 2.24) is 20.0 Å². The molecule has 0 saturated carbocycles. The Labute approximate surface area is 137 Å². The molecule has 1 aromatic heterocycles. The fraction of sp³-hybridized carbons (Fsp3) is 0.444. The summed E-state index contributed by atoms with van der Waals surface area (Å²) in [6.07, 6.45) is 1.69. The van der Waals surface area contributed by atoms with Gasteiger partial charge in [0.05, 0.1) is 5.69 Å². The molecule has 2 heterocycles. The summed E-state index contributed by atoms with van der Waals surface area (Å²) in [7, 11) is 2.00. The van der Waals surface area contributed by atoms with Gasteiger partial charge in [0.25, 0.3) is 0 Å². The van der Waals surface area contributed by atoms with E-state index in [4.69, 9.17) is 5.10 Å². The van der Waals surface area contributed by atoms with Crippen LogP contribution in [0.1, 0.15) is 25.1 Å². The summed E-state index contributed by atoms with van der Waals surface area (Å²) in [5, 5.41) is 7.70. The van der Waals surface area contributed by atoms with Crippen molar-refractivity contribution in [3.63, 3.8) is 0 Å². The number of nitrogens with one attached hydrogen (secondary N) is 1. The zero-order valence-electron chi connectivity index (χ0n) is 14.0. The molecule has 2 aromatic rings. The zero-order valence-corrected chi connectivity index (χ0v) is 14.0. The molecule has 122 valence electrons. The molecule has 0 unspecified atom stereocenters. The Bertz CT molecular complexity index is 691. The number of urea groups is 1. The smallest absolute Gasteiger partial charge is 0.317 e. The molecule has 0 atom stereocenters. The van der Waals surface area contributed by atoms with Crippen LogP contribution >= 0.6 is 0 Å². The highest BCUT2D eigenvalue weighted by Crippen LogP contribution is 2.27. The van der Waals surface area contributed by atoms with Crippen LogP contribution in [0.2, 0.25) is 0 Å². The standard InChI is InChI=1S/C18H24N4O/c1-13(2)19-18(23)22-11-9-15-16(10-12-22)21(3)20-17(15)14-7-5-4-6-8-14/h4-8,13H,9-12H2,1-3H3,(H,19,23). The Hall–Kier alpha value is -2.30. The number of carbonyl (C=O) groups excluding carboxylic acids is 1. The number of fused-ring (bicyclic) bond motifs is 1. The van der Waals surface area contributed by atoms with Crippen molar-refractivity contribution in [1.29, 1.82) is 0 Å². The van der Waals surface area contributed by atoms with E-state index in [1.54, 1.807) is 0 Å². The maximum atomic E-state index is 12.3. The first-order valence-corrected chi connectivity index (χ1v) is 8.22. The summed E-state index contributed by atoms with van der Waals surface area (Å²) >= 11 is 0. The molecular weight excluding hydrogens is 288 g/mol. The lowest BCUT2D eigenvalue weighted by Crippen LogP contribution is -2.44. The minimum absolute atomic E-state index is 0.0297. The van der Waals surface area contributed by atoms with E-state index in [0.717, 1.165) is 37.2 Å². The maximum Gasteiger partial charge on any atom is 0.317 e. The highest BCUT2D eigenvalue weighted by atomic mass is 16.2. The van der Waals surface area contributed by atoms with E-state index in [9.17, 15) is 4.79 Å². The van der Waals surface area contributed by atoms with Gasteiger partial charge >= 0.3 is 6.03 Å². The van der Waals surface area contributed by atoms with Gasteiger partial charge in [-0.05, 0) is 20.3 Å². The van der Waals surface area contributed by atoms with Crippen molar-refractivity contribution in [2.45, 2.75) is 32.7 Å². The van der Waals surface area contributed by atoms with E-state index in [2.05, 4.69) is 17.4 Å². The highest BCUT2D eigenvalue weighted by Gasteiger charge is 2.24. The molecule has 3 rings (SSSR count). The Morgan fingerprint density at radius 2 is 1.87 bits per heavy atom. The van der Waals surface area contributed by atoms with Crippen LogP contribution in [0.15, 0.2) is 30.3 Å². The summed E-state index contributed by atoms with van der Waals surface area (Å²) < 4.78 is 1.97. The molecule has 0 saturated heterocycles. The van der Waals surface area contributed by atoms with Gasteiger partial charge in [-0.2, -0.15) is 5.10 Å². The van der Waals surface area contributed by atoms with Crippen LogP contribution in [0, 0.1) is 0 Å². The van der Waals surface area contributed by atoms with Gasteiger partial charge in [0, 0.05) is 49.4 Å². The number of hydrogen-bond acceptors (Lipinski definition) is 2. The Kier molecular flexibility index (Phi) is 4.37. The summed E-state index contributed by atoms with van der Waals surface area (Å²) in [6.45, 7) is 5.44. The highest BCUT2D eigenvalue weighted by molar-refractivity contribution is 5.75. The average molecular weight is 312 g/mol. The van der Waals surface area contributed by atoms with Gasteiger partial charge in [-0.25, -0.2) is 4.79 Å². The third-order valence-electron chi connectivity index (χ3n) is 4.27. The second-order valence-electron chi connectivity index (χ2n) is 6.35. The van der Waals surface area contributed by atoms with Crippen molar-refractivity contribution in [3.8, 4) is 11.3 Å². The molecule has 23 heavy (non-hydrogen) atoms. The molecular formula is C18H24N4O. The van der Waals surface area contributed by atoms with Crippen molar-refractivity contribution in [2.24, 2.45) is 7.05 Å². The van der Waals surface area contributed by atoms with Crippen LogP contribution in [0.3, 0.4) is 0 Å². The fourth-order valence-electron chi connectivity index (χ4n) is 3.15. The van der Waals surface area contributed by atoms with Crippen LogP contribution in [0.4, 0.5) is 4.79 Å². The SMILES string of the molecule is CC(C)NC(=O)N1CCc2c(-c3ccccc3)nn(C)c2CC1. The van der Waals surface area contributed by atoms with Crippen LogP contribution in [0.25, 0.3) is 11.3 Å². The molecule has 1 aliphatic heterocycles. The van der Waals surface area contributed by atoms with Crippen molar-refractivity contribution >= 4 is 6.03 Å². The quantitative estimate of drug-likeness (QED) is 0.926. The molecule has 0 bridgehead atoms. The van der Waals surface area contributed by atoms with Crippen LogP contribution < -0.4 is 5.32 Å². The van der Waals surface area contributed by atoms with Crippen LogP contribution in [0.5, 0.6) is 0 Å². The number of aromatic nitrogens is 2. The van der Waals surface area contributed by atoms with Crippen molar-refractivity contribution in [2.75, 3.05) is 13.1 Å². The first kappa shape index (κ1) is 15.6. The van der Waals surface area contributed by atoms with Gasteiger partial charge in [0.15, 0.2) is 0 Å². The summed E-state index contributed by atoms with van der Waals surface area (Å²) in [4.78, 5) is 14.2. The Balaban J connectivity index is 1.85. The summed E-state index contributed by atoms with van der Waals surface area (Å²) in [6, 6.07) is 10.5. The Morgan fingerprint density at radius 1 is 1.17 bits per heavy atom. The molecule has 0 radical (unpaired) electrons. The van der Waals surface area contributed by atoms with E-state index in [-0.39, 0.29) is 12.1 Å². The number of carbonyl (C=O) groups is 1. The van der Waals surface area contributed by atoms with Crippen LogP contribution in [-0.4, -0.2) is 39.8 Å². The predicted octanol–water partition coefficient (Wildman–Crippen LogP) is 2.61. The lowest BCUT2D eigenvalue weighted by atomic mass is 10.0. The molecule has 1 N–H and O–H groups in total. The van der Waals surface area contributed by atoms with Gasteiger partial charge < -0.3 is 10.2 Å². The van der Waals surface area contributed by atoms with Crippen molar-refractivity contribution < 1.29 is 4.79 Å². The van der Waals surface area contributed by atoms with E-state index in [1.807, 2.05) is 48.7 Å². The second-order valence-corrected chi connectivity index (χ2v) is 6.35. The van der Waals surface area contributed by atoms with Crippen LogP contribution in [-0.2, 0) is 19.9 Å². The fourth-order valence-corrected chi connectivity index (χ4v) is 3.15. The molecule has 0 spiro atoms. The maximum absolute atomic E-state index is 12.3. The van der Waals surface area contributed by atoms with Gasteiger partial charge in [-0.15, -0.1) is 0 Å². The summed E-state index contributed by atoms with van der Waals surface area (Å²) in [5.74, 6) is 0. The van der Waals surface area contributed by atoms with Gasteiger partial charge in [-0.1, -0.05) is 30.3 Å². The topological polar surface area (TPSA) is 50.2 Å². The lowest BCUT2D eigenvalue weighted by Gasteiger charge is -2.22. The third kappa shape index (κ3) is 3.23. The largest absolute Gasteiger partial charge is 0.336 e. The number of amides is 2. The summed E-state index contributed by atoms with van der Waals surface area (Å²) in [5.41, 5.74) is 4.71. The van der Waals surface area contributed by atoms with E-state index in [0.29, 0.717) is 0 Å². The second kappa shape index (κ2) is 6.44. The third-order valence-corrected chi connectivity index (χ3v) is 4.27. The van der Waals surface area contributed by atoms with Crippen molar-refractivity contribution in [3.05, 3.63) is 41.6 Å². The van der Waals surface area contributed by atoms with Gasteiger partial charge in [-0.3, -0.25) is 4.68 Å². The molecule has 0 fully saturated rings. The molecule has 5 heteroatoms. The van der Waals surface area contributed by atoms with E-state index < -0.39 is 0 Å². The van der Waals surface area contributed by atoms with E-state index >= 15 is 0 Å². The van der Waals surface area contributed by atoms with E-state index in [1.165, 1.54) is 11.3 Å². The minimum Gasteiger partial charge on any atom is -0.336 e. The predicted molar refractivity (Wildman–Crippen MR) is 91.3 cm³/mol. The molecule has 0 aliphatic carbocycles. The lowest BCUT2D eigenvalue weighted by molar-refractivity contribution is 0.197. The first-order valence-electron chi connectivity index (χ1n) is 8.22. The van der Waals surface area contributed by atoms with Gasteiger partial charge in [0.1, 0.15) is 0 Å². The molecule has 1 aliphatic rings. The molecule has 1 aromatic carbocycles. The number of nitrogens with zero attached hydrogens (tertiary/aromatic N) is 3. The minimum atomic E-state index is 0.0297. The molecule has 2 amide bonds. The van der Waals surface area contributed by atoms with Gasteiger partial charge in [0.2, 0.25) is 0 Å².